The quantitative estimate of drug-likeness (QED) is 0.745. The van der Waals surface area contributed by atoms with E-state index in [0.717, 1.165) is 5.56 Å². The molecule has 0 aliphatic rings. The van der Waals surface area contributed by atoms with Crippen LogP contribution < -0.4 is 5.32 Å². The Labute approximate surface area is 164 Å². The molecule has 0 atom stereocenters. The lowest BCUT2D eigenvalue weighted by Crippen LogP contribution is -2.30. The fourth-order valence-corrected chi connectivity index (χ4v) is 4.40. The van der Waals surface area contributed by atoms with Crippen LogP contribution in [0.25, 0.3) is 0 Å². The Bertz CT molecular complexity index is 880. The van der Waals surface area contributed by atoms with E-state index < -0.39 is 10.0 Å². The Morgan fingerprint density at radius 2 is 1.65 bits per heavy atom. The molecular formula is C18H20Cl2N2O3S. The van der Waals surface area contributed by atoms with Gasteiger partial charge >= 0.3 is 0 Å². The van der Waals surface area contributed by atoms with Gasteiger partial charge in [-0.25, -0.2) is 8.42 Å². The number of nitrogens with one attached hydrogen (secondary N) is 1. The summed E-state index contributed by atoms with van der Waals surface area (Å²) in [6.45, 7) is 4.68. The third-order valence-electron chi connectivity index (χ3n) is 3.90. The smallest absolute Gasteiger partial charge is 0.253 e. The number of halogens is 2. The summed E-state index contributed by atoms with van der Waals surface area (Å²) in [7, 11) is -3.49. The molecule has 2 aromatic carbocycles. The molecule has 8 heteroatoms. The van der Waals surface area contributed by atoms with Crippen molar-refractivity contribution < 1.29 is 13.2 Å². The van der Waals surface area contributed by atoms with Crippen LogP contribution in [0.2, 0.25) is 10.0 Å². The van der Waals surface area contributed by atoms with Gasteiger partial charge in [-0.3, -0.25) is 4.79 Å². The molecule has 1 amide bonds. The molecule has 0 heterocycles. The average Bonchev–Trinajstić information content (AvgIpc) is 2.61. The van der Waals surface area contributed by atoms with E-state index in [0.29, 0.717) is 23.7 Å². The van der Waals surface area contributed by atoms with E-state index >= 15 is 0 Å². The second-order valence-electron chi connectivity index (χ2n) is 5.54. The molecular weight excluding hydrogens is 395 g/mol. The van der Waals surface area contributed by atoms with Crippen LogP contribution in [0.4, 0.5) is 0 Å². The molecule has 0 saturated heterocycles. The Hall–Kier alpha value is -1.60. The predicted molar refractivity (Wildman–Crippen MR) is 104 cm³/mol. The lowest BCUT2D eigenvalue weighted by Gasteiger charge is -2.18. The maximum absolute atomic E-state index is 12.5. The third-order valence-corrected chi connectivity index (χ3v) is 6.51. The number of amides is 1. The highest BCUT2D eigenvalue weighted by Gasteiger charge is 2.21. The molecule has 2 aromatic rings. The summed E-state index contributed by atoms with van der Waals surface area (Å²) in [5.41, 5.74) is 1.11. The van der Waals surface area contributed by atoms with Crippen LogP contribution in [0, 0.1) is 0 Å². The number of hydrogen-bond donors (Lipinski definition) is 1. The molecule has 0 aromatic heterocycles. The van der Waals surface area contributed by atoms with Gasteiger partial charge in [-0.1, -0.05) is 49.2 Å². The third kappa shape index (κ3) is 4.76. The Balaban J connectivity index is 2.07. The van der Waals surface area contributed by atoms with Crippen molar-refractivity contribution in [2.45, 2.75) is 25.3 Å². The highest BCUT2D eigenvalue weighted by Crippen LogP contribution is 2.21. The summed E-state index contributed by atoms with van der Waals surface area (Å²) in [5.74, 6) is -0.327. The van der Waals surface area contributed by atoms with E-state index in [9.17, 15) is 13.2 Å². The molecule has 0 unspecified atom stereocenters. The van der Waals surface area contributed by atoms with E-state index in [1.165, 1.54) is 10.4 Å². The molecule has 140 valence electrons. The minimum absolute atomic E-state index is 0.233. The van der Waals surface area contributed by atoms with Gasteiger partial charge < -0.3 is 5.32 Å². The fraction of sp³-hybridized carbons (Fsp3) is 0.278. The molecule has 26 heavy (non-hydrogen) atoms. The first kappa shape index (κ1) is 20.7. The average molecular weight is 415 g/mol. The van der Waals surface area contributed by atoms with Crippen molar-refractivity contribution in [1.29, 1.82) is 0 Å². The minimum atomic E-state index is -3.49. The maximum atomic E-state index is 12.5. The van der Waals surface area contributed by atoms with Crippen LogP contribution in [0.5, 0.6) is 0 Å². The topological polar surface area (TPSA) is 66.5 Å². The van der Waals surface area contributed by atoms with Crippen LogP contribution in [-0.2, 0) is 16.6 Å². The zero-order chi connectivity index (χ0) is 19.3. The van der Waals surface area contributed by atoms with E-state index in [-0.39, 0.29) is 22.4 Å². The zero-order valence-corrected chi connectivity index (χ0v) is 16.8. The van der Waals surface area contributed by atoms with Gasteiger partial charge in [0, 0.05) is 24.7 Å². The minimum Gasteiger partial charge on any atom is -0.348 e. The molecule has 5 nitrogen and oxygen atoms in total. The van der Waals surface area contributed by atoms with Gasteiger partial charge in [0.1, 0.15) is 0 Å². The van der Waals surface area contributed by atoms with Crippen LogP contribution in [-0.4, -0.2) is 31.7 Å². The number of sulfonamides is 1. The second kappa shape index (κ2) is 8.86. The van der Waals surface area contributed by atoms with E-state index in [1.807, 2.05) is 0 Å². The molecule has 0 radical (unpaired) electrons. The number of hydrogen-bond acceptors (Lipinski definition) is 3. The number of carbonyl (C=O) groups excluding carboxylic acids is 1. The zero-order valence-electron chi connectivity index (χ0n) is 14.5. The van der Waals surface area contributed by atoms with Gasteiger partial charge in [0.15, 0.2) is 0 Å². The van der Waals surface area contributed by atoms with Gasteiger partial charge in [-0.15, -0.1) is 0 Å². The Kier molecular flexibility index (Phi) is 7.06. The summed E-state index contributed by atoms with van der Waals surface area (Å²) < 4.78 is 26.3. The van der Waals surface area contributed by atoms with Crippen molar-refractivity contribution in [3.63, 3.8) is 0 Å². The normalized spacial score (nSPS) is 11.6. The maximum Gasteiger partial charge on any atom is 0.253 e. The highest BCUT2D eigenvalue weighted by atomic mass is 35.5. The summed E-state index contributed by atoms with van der Waals surface area (Å²) in [4.78, 5) is 12.4. The number of nitrogens with zero attached hydrogens (tertiary/aromatic N) is 1. The van der Waals surface area contributed by atoms with Crippen LogP contribution in [0.15, 0.2) is 47.4 Å². The number of rotatable bonds is 7. The van der Waals surface area contributed by atoms with Gasteiger partial charge in [0.05, 0.1) is 15.5 Å². The van der Waals surface area contributed by atoms with Crippen molar-refractivity contribution in [1.82, 2.24) is 9.62 Å². The van der Waals surface area contributed by atoms with Gasteiger partial charge in [-0.05, 0) is 35.9 Å². The van der Waals surface area contributed by atoms with Gasteiger partial charge in [0.25, 0.3) is 5.91 Å². The summed E-state index contributed by atoms with van der Waals surface area (Å²) in [6.07, 6.45) is 0. The van der Waals surface area contributed by atoms with Gasteiger partial charge in [-0.2, -0.15) is 4.31 Å². The summed E-state index contributed by atoms with van der Waals surface area (Å²) >= 11 is 11.8. The molecule has 1 N–H and O–H groups in total. The summed E-state index contributed by atoms with van der Waals surface area (Å²) in [6, 6.07) is 11.1. The molecule has 2 rings (SSSR count). The largest absolute Gasteiger partial charge is 0.348 e. The van der Waals surface area contributed by atoms with Crippen LogP contribution in [0.3, 0.4) is 0 Å². The highest BCUT2D eigenvalue weighted by molar-refractivity contribution is 7.89. The van der Waals surface area contributed by atoms with Crippen molar-refractivity contribution in [3.05, 3.63) is 63.6 Å². The first-order chi connectivity index (χ1) is 12.3. The molecule has 0 fully saturated rings. The summed E-state index contributed by atoms with van der Waals surface area (Å²) in [5, 5.41) is 3.48. The van der Waals surface area contributed by atoms with Crippen molar-refractivity contribution >= 4 is 39.1 Å². The van der Waals surface area contributed by atoms with Gasteiger partial charge in [0.2, 0.25) is 10.0 Å². The lowest BCUT2D eigenvalue weighted by molar-refractivity contribution is 0.0951. The molecule has 0 spiro atoms. The standard InChI is InChI=1S/C18H20Cl2N2O3S/c1-3-22(4-2)26(24,25)15-8-5-13(6-9-15)12-21-18(23)16-10-7-14(19)11-17(16)20/h5-11H,3-4,12H2,1-2H3,(H,21,23). The number of benzene rings is 2. The molecule has 0 aliphatic heterocycles. The lowest BCUT2D eigenvalue weighted by atomic mass is 10.2. The Morgan fingerprint density at radius 1 is 1.04 bits per heavy atom. The first-order valence-electron chi connectivity index (χ1n) is 8.12. The number of carbonyl (C=O) groups is 1. The Morgan fingerprint density at radius 3 is 2.19 bits per heavy atom. The molecule has 0 bridgehead atoms. The monoisotopic (exact) mass is 414 g/mol. The molecule has 0 aliphatic carbocycles. The first-order valence-corrected chi connectivity index (χ1v) is 10.3. The van der Waals surface area contributed by atoms with E-state index in [1.54, 1.807) is 50.2 Å². The molecule has 0 saturated carbocycles. The SMILES string of the molecule is CCN(CC)S(=O)(=O)c1ccc(CNC(=O)c2ccc(Cl)cc2Cl)cc1. The van der Waals surface area contributed by atoms with Crippen molar-refractivity contribution in [3.8, 4) is 0 Å². The van der Waals surface area contributed by atoms with Crippen molar-refractivity contribution in [2.75, 3.05) is 13.1 Å². The van der Waals surface area contributed by atoms with E-state index in [2.05, 4.69) is 5.32 Å². The van der Waals surface area contributed by atoms with Crippen LogP contribution in [0.1, 0.15) is 29.8 Å². The fourth-order valence-electron chi connectivity index (χ4n) is 2.44. The second-order valence-corrected chi connectivity index (χ2v) is 8.32. The van der Waals surface area contributed by atoms with Crippen LogP contribution >= 0.6 is 23.2 Å². The van der Waals surface area contributed by atoms with Crippen molar-refractivity contribution in [2.24, 2.45) is 0 Å². The van der Waals surface area contributed by atoms with E-state index in [4.69, 9.17) is 23.2 Å². The predicted octanol–water partition coefficient (Wildman–Crippen LogP) is 3.95.